The molecule has 5 heteroatoms. The quantitative estimate of drug-likeness (QED) is 0.0600. The van der Waals surface area contributed by atoms with Crippen molar-refractivity contribution in [3.8, 4) is 101 Å². The van der Waals surface area contributed by atoms with Crippen molar-refractivity contribution in [2.75, 3.05) is 0 Å². The molecule has 0 spiro atoms. The molecule has 3 heterocycles. The number of nitrogens with zero attached hydrogens (tertiary/aromatic N) is 5. The molecule has 5 nitrogen and oxygen atoms in total. The highest BCUT2D eigenvalue weighted by Crippen LogP contribution is 2.56. The Morgan fingerprint density at radius 2 is 0.687 bits per heavy atom. The number of aromatic nitrogens is 5. The molecular weight excluding hydrogens is 1200 g/mol. The lowest BCUT2D eigenvalue weighted by Crippen LogP contribution is -2.25. The summed E-state index contributed by atoms with van der Waals surface area (Å²) in [6.07, 6.45) is 17.8. The fraction of sp³-hybridized carbons (Fsp3) is 0.202. The van der Waals surface area contributed by atoms with E-state index in [9.17, 15) is 0 Å². The van der Waals surface area contributed by atoms with Crippen molar-refractivity contribution in [2.24, 2.45) is 0 Å². The molecule has 0 bridgehead atoms. The first-order valence-electron chi connectivity index (χ1n) is 36.4. The SMILES string of the molecule is CCCCCCCCC1(CCCCCCCC)c2cc(-c3ccc(-c4ccc(C)cc4)cc3)ccc2-c2ccc(-c3cc(C)cc(-n4c5ccccc5c5ccc(-c6ccc7c(c6)c6ccccc6n7-c6cccc(-c7nc(-c8ccccc8)nc(-c8ccccc8)n7)c6)cc54)c3)cc21. The average Bonchev–Trinajstić information content (AvgIpc) is 1.55. The smallest absolute Gasteiger partial charge is 0.164 e. The van der Waals surface area contributed by atoms with Crippen molar-refractivity contribution in [1.29, 1.82) is 0 Å². The molecule has 1 aliphatic carbocycles. The highest BCUT2D eigenvalue weighted by Gasteiger charge is 2.43. The molecule has 1 aliphatic rings. The van der Waals surface area contributed by atoms with Gasteiger partial charge in [-0.05, 0) is 166 Å². The van der Waals surface area contributed by atoms with Gasteiger partial charge in [-0.15, -0.1) is 0 Å². The molecule has 0 aliphatic heterocycles. The van der Waals surface area contributed by atoms with Crippen molar-refractivity contribution in [3.63, 3.8) is 0 Å². The van der Waals surface area contributed by atoms with Gasteiger partial charge in [0.25, 0.3) is 0 Å². The van der Waals surface area contributed by atoms with Crippen LogP contribution in [-0.4, -0.2) is 24.1 Å². The molecule has 0 fully saturated rings. The zero-order chi connectivity index (χ0) is 66.8. The maximum atomic E-state index is 5.11. The van der Waals surface area contributed by atoms with Gasteiger partial charge < -0.3 is 9.13 Å². The molecule has 12 aromatic carbocycles. The molecule has 15 aromatic rings. The molecular formula is C94H85N5. The van der Waals surface area contributed by atoms with Gasteiger partial charge in [-0.3, -0.25) is 0 Å². The van der Waals surface area contributed by atoms with E-state index < -0.39 is 0 Å². The Balaban J connectivity index is 0.771. The van der Waals surface area contributed by atoms with Gasteiger partial charge in [0.05, 0.1) is 22.1 Å². The molecule has 0 saturated carbocycles. The molecule has 16 rings (SSSR count). The van der Waals surface area contributed by atoms with E-state index in [1.165, 1.54) is 193 Å². The molecule has 99 heavy (non-hydrogen) atoms. The van der Waals surface area contributed by atoms with Crippen LogP contribution >= 0.6 is 0 Å². The van der Waals surface area contributed by atoms with Gasteiger partial charge in [0.2, 0.25) is 0 Å². The van der Waals surface area contributed by atoms with Crippen molar-refractivity contribution < 1.29 is 0 Å². The molecule has 0 N–H and O–H groups in total. The molecule has 0 amide bonds. The van der Waals surface area contributed by atoms with Gasteiger partial charge in [-0.25, -0.2) is 15.0 Å². The molecule has 0 atom stereocenters. The number of aryl methyl sites for hydroxylation is 2. The van der Waals surface area contributed by atoms with E-state index >= 15 is 0 Å². The second-order valence-electron chi connectivity index (χ2n) is 27.9. The van der Waals surface area contributed by atoms with Gasteiger partial charge >= 0.3 is 0 Å². The highest BCUT2D eigenvalue weighted by atomic mass is 15.0. The summed E-state index contributed by atoms with van der Waals surface area (Å²) in [6, 6.07) is 101. The molecule has 486 valence electrons. The van der Waals surface area contributed by atoms with Crippen LogP contribution < -0.4 is 0 Å². The maximum absolute atomic E-state index is 5.11. The second kappa shape index (κ2) is 27.6. The lowest BCUT2D eigenvalue weighted by Gasteiger charge is -2.33. The van der Waals surface area contributed by atoms with E-state index in [0.717, 1.165) is 46.3 Å². The lowest BCUT2D eigenvalue weighted by molar-refractivity contribution is 0.398. The number of para-hydroxylation sites is 2. The Morgan fingerprint density at radius 1 is 0.263 bits per heavy atom. The summed E-state index contributed by atoms with van der Waals surface area (Å²) in [5, 5.41) is 4.88. The van der Waals surface area contributed by atoms with Crippen molar-refractivity contribution >= 4 is 43.6 Å². The monoisotopic (exact) mass is 1280 g/mol. The number of unbranched alkanes of at least 4 members (excludes halogenated alkanes) is 10. The van der Waals surface area contributed by atoms with E-state index in [1.54, 1.807) is 0 Å². The van der Waals surface area contributed by atoms with Crippen LogP contribution in [0.25, 0.3) is 145 Å². The Labute approximate surface area is 583 Å². The maximum Gasteiger partial charge on any atom is 0.164 e. The Hall–Kier alpha value is -10.8. The number of benzene rings is 12. The highest BCUT2D eigenvalue weighted by molar-refractivity contribution is 6.12. The summed E-state index contributed by atoms with van der Waals surface area (Å²) in [7, 11) is 0. The van der Waals surface area contributed by atoms with Crippen molar-refractivity contribution in [2.45, 2.75) is 123 Å². The van der Waals surface area contributed by atoms with Gasteiger partial charge in [-0.1, -0.05) is 303 Å². The van der Waals surface area contributed by atoms with Crippen LogP contribution in [0.1, 0.15) is 126 Å². The summed E-state index contributed by atoms with van der Waals surface area (Å²) >= 11 is 0. The number of hydrogen-bond donors (Lipinski definition) is 0. The lowest BCUT2D eigenvalue weighted by atomic mass is 9.70. The van der Waals surface area contributed by atoms with E-state index in [4.69, 9.17) is 15.0 Å². The minimum atomic E-state index is -0.0930. The third-order valence-corrected chi connectivity index (χ3v) is 21.3. The first kappa shape index (κ1) is 63.0. The van der Waals surface area contributed by atoms with Crippen LogP contribution in [0.3, 0.4) is 0 Å². The van der Waals surface area contributed by atoms with E-state index in [1.807, 2.05) is 36.4 Å². The zero-order valence-electron chi connectivity index (χ0n) is 57.6. The number of rotatable bonds is 23. The number of hydrogen-bond acceptors (Lipinski definition) is 3. The van der Waals surface area contributed by atoms with Crippen LogP contribution in [0.15, 0.2) is 273 Å². The largest absolute Gasteiger partial charge is 0.309 e. The Kier molecular flexibility index (Phi) is 17.6. The summed E-state index contributed by atoms with van der Waals surface area (Å²) < 4.78 is 4.92. The first-order valence-corrected chi connectivity index (χ1v) is 36.4. The fourth-order valence-electron chi connectivity index (χ4n) is 16.2. The van der Waals surface area contributed by atoms with E-state index in [2.05, 4.69) is 273 Å². The van der Waals surface area contributed by atoms with Crippen molar-refractivity contribution in [3.05, 3.63) is 295 Å². The zero-order valence-corrected chi connectivity index (χ0v) is 57.6. The van der Waals surface area contributed by atoms with Crippen LogP contribution in [0.4, 0.5) is 0 Å². The average molecular weight is 1280 g/mol. The van der Waals surface area contributed by atoms with E-state index in [-0.39, 0.29) is 5.41 Å². The van der Waals surface area contributed by atoms with Crippen LogP contribution in [0.5, 0.6) is 0 Å². The fourth-order valence-corrected chi connectivity index (χ4v) is 16.2. The minimum absolute atomic E-state index is 0.0930. The van der Waals surface area contributed by atoms with Gasteiger partial charge in [0, 0.05) is 55.0 Å². The molecule has 0 radical (unpaired) electrons. The Morgan fingerprint density at radius 3 is 1.29 bits per heavy atom. The Bertz CT molecular complexity index is 5350. The predicted molar refractivity (Wildman–Crippen MR) is 418 cm³/mol. The third kappa shape index (κ3) is 12.3. The van der Waals surface area contributed by atoms with Crippen LogP contribution in [0.2, 0.25) is 0 Å². The second-order valence-corrected chi connectivity index (χ2v) is 27.9. The molecule has 0 saturated heterocycles. The first-order chi connectivity index (χ1) is 48.8. The summed E-state index contributed by atoms with van der Waals surface area (Å²) in [5.74, 6) is 1.91. The van der Waals surface area contributed by atoms with Crippen molar-refractivity contribution in [1.82, 2.24) is 24.1 Å². The van der Waals surface area contributed by atoms with Crippen LogP contribution in [-0.2, 0) is 5.41 Å². The summed E-state index contributed by atoms with van der Waals surface area (Å²) in [4.78, 5) is 15.2. The summed E-state index contributed by atoms with van der Waals surface area (Å²) in [6.45, 7) is 9.10. The minimum Gasteiger partial charge on any atom is -0.309 e. The standard InChI is InChI=1S/C94H85N5/c1-5-7-9-11-13-25-54-94(55-26-14-12-10-8-6-2)85-61-72(68-44-42-67(43-45-68)66-40-38-64(3)39-41-66)46-50-79(85)80-51-47-73(62-86(80)94)76-56-65(4)57-78(59-76)99-87-36-23-21-34-81(87)83-52-48-74(63-90(83)99)71-49-53-89-84(60-71)82-35-22-24-37-88(82)98(89)77-33-27-32-75(58-77)93-96-91(69-28-17-15-18-29-69)95-92(97-93)70-30-19-16-20-31-70/h15-24,27-53,56-63H,5-14,25-26,54-55H2,1-4H3. The number of fused-ring (bicyclic) bond motifs is 9. The van der Waals surface area contributed by atoms with Gasteiger partial charge in [0.15, 0.2) is 17.5 Å². The van der Waals surface area contributed by atoms with Crippen LogP contribution in [0, 0.1) is 13.8 Å². The normalized spacial score (nSPS) is 12.5. The molecule has 3 aromatic heterocycles. The van der Waals surface area contributed by atoms with Gasteiger partial charge in [0.1, 0.15) is 0 Å². The van der Waals surface area contributed by atoms with Gasteiger partial charge in [-0.2, -0.15) is 0 Å². The third-order valence-electron chi connectivity index (χ3n) is 21.3. The predicted octanol–water partition coefficient (Wildman–Crippen LogP) is 26.1. The molecule has 0 unspecified atom stereocenters. The summed E-state index contributed by atoms with van der Waals surface area (Å²) in [5.41, 5.74) is 28.0. The van der Waals surface area contributed by atoms with E-state index in [0.29, 0.717) is 17.5 Å². The topological polar surface area (TPSA) is 48.5 Å².